The van der Waals surface area contributed by atoms with Gasteiger partial charge in [-0.1, -0.05) is 29.8 Å². The topological polar surface area (TPSA) is 35.6 Å². The molecule has 2 aromatic rings. The lowest BCUT2D eigenvalue weighted by Crippen LogP contribution is -2.44. The fourth-order valence-electron chi connectivity index (χ4n) is 3.10. The smallest absolute Gasteiger partial charge is 0.233 e. The van der Waals surface area contributed by atoms with Crippen molar-refractivity contribution in [3.63, 3.8) is 0 Å². The number of amides is 1. The number of hydrogen-bond acceptors (Lipinski definition) is 4. The number of nitrogens with one attached hydrogen (secondary N) is 1. The molecule has 1 N–H and O–H groups in total. The summed E-state index contributed by atoms with van der Waals surface area (Å²) in [6.45, 7) is 8.94. The minimum Gasteiger partial charge on any atom is -0.369 e. The first kappa shape index (κ1) is 19.8. The van der Waals surface area contributed by atoms with E-state index in [9.17, 15) is 4.79 Å². The number of piperazine rings is 1. The molecule has 1 amide bonds. The highest BCUT2D eigenvalue weighted by Crippen LogP contribution is 2.23. The van der Waals surface area contributed by atoms with Crippen molar-refractivity contribution in [1.82, 2.24) is 10.2 Å². The van der Waals surface area contributed by atoms with Crippen molar-refractivity contribution in [2.24, 2.45) is 0 Å². The fourth-order valence-corrected chi connectivity index (χ4v) is 3.99. The minimum atomic E-state index is -0.114. The zero-order valence-electron chi connectivity index (χ0n) is 16.4. The van der Waals surface area contributed by atoms with Crippen molar-refractivity contribution >= 4 is 23.4 Å². The van der Waals surface area contributed by atoms with Gasteiger partial charge in [0, 0.05) is 43.3 Å². The summed E-state index contributed by atoms with van der Waals surface area (Å²) < 4.78 is 0. The molecule has 0 unspecified atom stereocenters. The maximum absolute atomic E-state index is 12.4. The first-order valence-electron chi connectivity index (χ1n) is 9.55. The van der Waals surface area contributed by atoms with Gasteiger partial charge in [0.25, 0.3) is 0 Å². The molecule has 0 bridgehead atoms. The normalized spacial score (nSPS) is 16.2. The van der Waals surface area contributed by atoms with Gasteiger partial charge in [0.05, 0.1) is 5.25 Å². The quantitative estimate of drug-likeness (QED) is 0.774. The Hall–Kier alpha value is -1.98. The van der Waals surface area contributed by atoms with Crippen LogP contribution in [0.1, 0.15) is 18.1 Å². The Labute approximate surface area is 166 Å². The van der Waals surface area contributed by atoms with Crippen molar-refractivity contribution < 1.29 is 4.79 Å². The first-order chi connectivity index (χ1) is 13.0. The largest absolute Gasteiger partial charge is 0.369 e. The molecule has 3 rings (SSSR count). The van der Waals surface area contributed by atoms with E-state index in [1.54, 1.807) is 11.8 Å². The van der Waals surface area contributed by atoms with Crippen LogP contribution in [0.4, 0.5) is 5.69 Å². The van der Waals surface area contributed by atoms with Gasteiger partial charge in [-0.15, -0.1) is 11.8 Å². The molecule has 27 heavy (non-hydrogen) atoms. The maximum atomic E-state index is 12.4. The summed E-state index contributed by atoms with van der Waals surface area (Å²) in [7, 11) is 2.17. The molecule has 0 saturated carbocycles. The van der Waals surface area contributed by atoms with Crippen molar-refractivity contribution in [3.05, 3.63) is 59.7 Å². The van der Waals surface area contributed by atoms with Crippen LogP contribution in [0.5, 0.6) is 0 Å². The minimum absolute atomic E-state index is 0.0729. The maximum Gasteiger partial charge on any atom is 0.233 e. The van der Waals surface area contributed by atoms with E-state index in [2.05, 4.69) is 77.6 Å². The van der Waals surface area contributed by atoms with Gasteiger partial charge < -0.3 is 15.1 Å². The van der Waals surface area contributed by atoms with Gasteiger partial charge in [-0.25, -0.2) is 0 Å². The number of carbonyl (C=O) groups is 1. The Kier molecular flexibility index (Phi) is 6.80. The zero-order chi connectivity index (χ0) is 19.2. The van der Waals surface area contributed by atoms with E-state index in [-0.39, 0.29) is 11.2 Å². The Morgan fingerprint density at radius 1 is 1.04 bits per heavy atom. The van der Waals surface area contributed by atoms with E-state index >= 15 is 0 Å². The molecule has 1 saturated heterocycles. The molecule has 0 radical (unpaired) electrons. The Bertz CT molecular complexity index is 737. The summed E-state index contributed by atoms with van der Waals surface area (Å²) in [5.74, 6) is 0.0729. The fraction of sp³-hybridized carbons (Fsp3) is 0.409. The number of hydrogen-bond donors (Lipinski definition) is 1. The SMILES string of the molecule is Cc1ccc(S[C@H](C)C(=O)NCc2ccc(N3CCN(C)CC3)cc2)cc1. The molecule has 4 nitrogen and oxygen atoms in total. The predicted octanol–water partition coefficient (Wildman–Crippen LogP) is 3.54. The van der Waals surface area contributed by atoms with Crippen LogP contribution in [-0.2, 0) is 11.3 Å². The van der Waals surface area contributed by atoms with Crippen LogP contribution in [0.25, 0.3) is 0 Å². The third-order valence-electron chi connectivity index (χ3n) is 4.97. The molecule has 0 aromatic heterocycles. The number of anilines is 1. The second-order valence-electron chi connectivity index (χ2n) is 7.25. The number of carbonyl (C=O) groups excluding carboxylic acids is 1. The average Bonchev–Trinajstić information content (AvgIpc) is 2.69. The van der Waals surface area contributed by atoms with E-state index in [1.165, 1.54) is 11.3 Å². The monoisotopic (exact) mass is 383 g/mol. The standard InChI is InChI=1S/C22H29N3OS/c1-17-4-10-21(11-5-17)27-18(2)22(26)23-16-19-6-8-20(9-7-19)25-14-12-24(3)13-15-25/h4-11,18H,12-16H2,1-3H3,(H,23,26)/t18-/m1/s1. The number of thioether (sulfide) groups is 1. The van der Waals surface area contributed by atoms with Crippen LogP contribution in [0.15, 0.2) is 53.4 Å². The van der Waals surface area contributed by atoms with Gasteiger partial charge in [-0.3, -0.25) is 4.79 Å². The van der Waals surface area contributed by atoms with Crippen LogP contribution in [0, 0.1) is 6.92 Å². The second kappa shape index (κ2) is 9.29. The van der Waals surface area contributed by atoms with Gasteiger partial charge in [-0.2, -0.15) is 0 Å². The lowest BCUT2D eigenvalue weighted by Gasteiger charge is -2.34. The van der Waals surface area contributed by atoms with Gasteiger partial charge >= 0.3 is 0 Å². The molecular weight excluding hydrogens is 354 g/mol. The summed E-state index contributed by atoms with van der Waals surface area (Å²) in [4.78, 5) is 18.3. The summed E-state index contributed by atoms with van der Waals surface area (Å²) in [5.41, 5.74) is 3.63. The summed E-state index contributed by atoms with van der Waals surface area (Å²) in [6.07, 6.45) is 0. The summed E-state index contributed by atoms with van der Waals surface area (Å²) in [5, 5.41) is 2.94. The molecule has 2 aromatic carbocycles. The van der Waals surface area contributed by atoms with E-state index < -0.39 is 0 Å². The van der Waals surface area contributed by atoms with Crippen molar-refractivity contribution in [3.8, 4) is 0 Å². The second-order valence-corrected chi connectivity index (χ2v) is 8.66. The number of nitrogens with zero attached hydrogens (tertiary/aromatic N) is 2. The molecule has 0 spiro atoms. The number of benzene rings is 2. The lowest BCUT2D eigenvalue weighted by atomic mass is 10.1. The summed E-state index contributed by atoms with van der Waals surface area (Å²) in [6, 6.07) is 16.9. The van der Waals surface area contributed by atoms with Crippen LogP contribution in [0.3, 0.4) is 0 Å². The molecule has 1 atom stereocenters. The average molecular weight is 384 g/mol. The van der Waals surface area contributed by atoms with E-state index in [1.807, 2.05) is 6.92 Å². The van der Waals surface area contributed by atoms with E-state index in [4.69, 9.17) is 0 Å². The van der Waals surface area contributed by atoms with Crippen molar-refractivity contribution in [2.75, 3.05) is 38.1 Å². The molecule has 5 heteroatoms. The molecule has 1 aliphatic heterocycles. The summed E-state index contributed by atoms with van der Waals surface area (Å²) >= 11 is 1.59. The molecule has 1 fully saturated rings. The number of aryl methyl sites for hydroxylation is 1. The van der Waals surface area contributed by atoms with Crippen LogP contribution in [-0.4, -0.2) is 49.3 Å². The van der Waals surface area contributed by atoms with Crippen LogP contribution >= 0.6 is 11.8 Å². The Morgan fingerprint density at radius 3 is 2.30 bits per heavy atom. The van der Waals surface area contributed by atoms with Crippen LogP contribution < -0.4 is 10.2 Å². The van der Waals surface area contributed by atoms with Crippen molar-refractivity contribution in [2.45, 2.75) is 30.5 Å². The van der Waals surface area contributed by atoms with E-state index in [0.29, 0.717) is 6.54 Å². The van der Waals surface area contributed by atoms with Gasteiger partial charge in [0.15, 0.2) is 0 Å². The lowest BCUT2D eigenvalue weighted by molar-refractivity contribution is -0.120. The highest BCUT2D eigenvalue weighted by atomic mass is 32.2. The van der Waals surface area contributed by atoms with Crippen LogP contribution in [0.2, 0.25) is 0 Å². The highest BCUT2D eigenvalue weighted by Gasteiger charge is 2.15. The van der Waals surface area contributed by atoms with Gasteiger partial charge in [0.1, 0.15) is 0 Å². The molecule has 1 heterocycles. The third-order valence-corrected chi connectivity index (χ3v) is 6.09. The Balaban J connectivity index is 1.47. The van der Waals surface area contributed by atoms with E-state index in [0.717, 1.165) is 36.6 Å². The number of rotatable bonds is 6. The molecular formula is C22H29N3OS. The molecule has 0 aliphatic carbocycles. The molecule has 144 valence electrons. The zero-order valence-corrected chi connectivity index (χ0v) is 17.3. The first-order valence-corrected chi connectivity index (χ1v) is 10.4. The third kappa shape index (κ3) is 5.75. The van der Waals surface area contributed by atoms with Gasteiger partial charge in [0.2, 0.25) is 5.91 Å². The predicted molar refractivity (Wildman–Crippen MR) is 114 cm³/mol. The highest BCUT2D eigenvalue weighted by molar-refractivity contribution is 8.00. The van der Waals surface area contributed by atoms with Gasteiger partial charge in [-0.05, 0) is 50.7 Å². The number of likely N-dealkylation sites (N-methyl/N-ethyl adjacent to an activating group) is 1. The molecule has 1 aliphatic rings. The Morgan fingerprint density at radius 2 is 1.67 bits per heavy atom. The van der Waals surface area contributed by atoms with Crippen molar-refractivity contribution in [1.29, 1.82) is 0 Å².